The molecule has 1 aliphatic rings. The minimum absolute atomic E-state index is 0.110. The Balaban J connectivity index is 1.85. The van der Waals surface area contributed by atoms with E-state index in [9.17, 15) is 24.0 Å². The Kier molecular flexibility index (Phi) is 10.0. The largest absolute Gasteiger partial charge is 0.463 e. The number of carbonyl (C=O) groups is 5. The standard InChI is InChI=1S/C32H35NO11/c1-17(34)39-16-28-30(41-19(3)36)32(43-21(5)38)31(42-20(4)37)29(44-28)25-14-22(11-12-27(25)40-18(2)35)13-24-15-23-9-7-8-10-26(23)33(24)6/h7-12,14-15,28-32H,13,16H2,1-6H3/t28-,29+,30-,31+,32+/m1/s1. The lowest BCUT2D eigenvalue weighted by molar-refractivity contribution is -0.254. The van der Waals surface area contributed by atoms with Gasteiger partial charge in [-0.1, -0.05) is 24.3 Å². The average Bonchev–Trinajstić information content (AvgIpc) is 3.24. The molecule has 0 radical (unpaired) electrons. The third-order valence-electron chi connectivity index (χ3n) is 7.06. The second kappa shape index (κ2) is 13.7. The predicted molar refractivity (Wildman–Crippen MR) is 154 cm³/mol. The van der Waals surface area contributed by atoms with Gasteiger partial charge in [0.05, 0.1) is 0 Å². The molecule has 0 N–H and O–H groups in total. The van der Waals surface area contributed by atoms with E-state index in [2.05, 4.69) is 10.6 Å². The minimum Gasteiger partial charge on any atom is -0.463 e. The van der Waals surface area contributed by atoms with E-state index in [1.165, 1.54) is 13.8 Å². The van der Waals surface area contributed by atoms with Gasteiger partial charge in [0.25, 0.3) is 0 Å². The maximum Gasteiger partial charge on any atom is 0.308 e. The molecule has 0 bridgehead atoms. The Labute approximate surface area is 254 Å². The van der Waals surface area contributed by atoms with Crippen LogP contribution in [-0.4, -0.2) is 65.4 Å². The van der Waals surface area contributed by atoms with Gasteiger partial charge in [-0.05, 0) is 35.2 Å². The van der Waals surface area contributed by atoms with Crippen LogP contribution in [0.15, 0.2) is 48.5 Å². The molecule has 1 fully saturated rings. The highest BCUT2D eigenvalue weighted by Crippen LogP contribution is 2.41. The van der Waals surface area contributed by atoms with Gasteiger partial charge in [-0.2, -0.15) is 0 Å². The summed E-state index contributed by atoms with van der Waals surface area (Å²) in [4.78, 5) is 60.6. The van der Waals surface area contributed by atoms with Crippen LogP contribution in [0.3, 0.4) is 0 Å². The van der Waals surface area contributed by atoms with Crippen LogP contribution in [0.4, 0.5) is 0 Å². The molecule has 0 saturated carbocycles. The third-order valence-corrected chi connectivity index (χ3v) is 7.06. The van der Waals surface area contributed by atoms with E-state index in [4.69, 9.17) is 28.4 Å². The molecule has 4 rings (SSSR count). The molecular formula is C32H35NO11. The fourth-order valence-corrected chi connectivity index (χ4v) is 5.38. The molecule has 3 aromatic rings. The summed E-state index contributed by atoms with van der Waals surface area (Å²) in [5, 5.41) is 1.07. The maximum atomic E-state index is 12.4. The number of hydrogen-bond acceptors (Lipinski definition) is 11. The summed E-state index contributed by atoms with van der Waals surface area (Å²) in [6.07, 6.45) is -5.92. The van der Waals surface area contributed by atoms with Gasteiger partial charge in [0, 0.05) is 64.9 Å². The molecule has 0 unspecified atom stereocenters. The lowest BCUT2D eigenvalue weighted by Gasteiger charge is -2.44. The molecule has 234 valence electrons. The van der Waals surface area contributed by atoms with Crippen molar-refractivity contribution < 1.29 is 52.4 Å². The Hall–Kier alpha value is -4.71. The van der Waals surface area contributed by atoms with Crippen LogP contribution >= 0.6 is 0 Å². The number of benzene rings is 2. The Bertz CT molecular complexity index is 1580. The zero-order valence-corrected chi connectivity index (χ0v) is 25.4. The summed E-state index contributed by atoms with van der Waals surface area (Å²) in [5.41, 5.74) is 3.15. The van der Waals surface area contributed by atoms with Gasteiger partial charge in [-0.25, -0.2) is 0 Å². The van der Waals surface area contributed by atoms with E-state index in [1.807, 2.05) is 31.3 Å². The van der Waals surface area contributed by atoms with Crippen LogP contribution in [0.2, 0.25) is 0 Å². The first-order valence-electron chi connectivity index (χ1n) is 14.0. The van der Waals surface area contributed by atoms with Crippen LogP contribution in [0.5, 0.6) is 5.75 Å². The van der Waals surface area contributed by atoms with Crippen molar-refractivity contribution in [3.63, 3.8) is 0 Å². The van der Waals surface area contributed by atoms with Crippen molar-refractivity contribution in [2.24, 2.45) is 7.05 Å². The molecule has 2 heterocycles. The zero-order chi connectivity index (χ0) is 32.1. The van der Waals surface area contributed by atoms with Crippen LogP contribution in [-0.2, 0) is 61.1 Å². The molecule has 2 aromatic carbocycles. The monoisotopic (exact) mass is 609 g/mol. The molecule has 1 aliphatic heterocycles. The number of hydrogen-bond donors (Lipinski definition) is 0. The third kappa shape index (κ3) is 7.62. The number of aromatic nitrogens is 1. The van der Waals surface area contributed by atoms with Crippen molar-refractivity contribution in [3.05, 3.63) is 65.4 Å². The second-order valence-electron chi connectivity index (χ2n) is 10.5. The summed E-state index contributed by atoms with van der Waals surface area (Å²) in [6, 6.07) is 15.2. The van der Waals surface area contributed by atoms with Crippen LogP contribution in [0.1, 0.15) is 57.5 Å². The Morgan fingerprint density at radius 1 is 0.750 bits per heavy atom. The van der Waals surface area contributed by atoms with Gasteiger partial charge in [0.1, 0.15) is 24.6 Å². The van der Waals surface area contributed by atoms with Gasteiger partial charge in [-0.15, -0.1) is 0 Å². The van der Waals surface area contributed by atoms with Crippen molar-refractivity contribution in [1.29, 1.82) is 0 Å². The summed E-state index contributed by atoms with van der Waals surface area (Å²) in [5.74, 6) is -3.35. The normalized spacial score (nSPS) is 21.3. The molecule has 1 saturated heterocycles. The number of carbonyl (C=O) groups excluding carboxylic acids is 5. The Morgan fingerprint density at radius 3 is 2.00 bits per heavy atom. The quantitative estimate of drug-likeness (QED) is 0.200. The summed E-state index contributed by atoms with van der Waals surface area (Å²) in [7, 11) is 1.96. The maximum absolute atomic E-state index is 12.4. The van der Waals surface area contributed by atoms with Crippen molar-refractivity contribution in [2.75, 3.05) is 6.61 Å². The van der Waals surface area contributed by atoms with E-state index in [-0.39, 0.29) is 12.4 Å². The van der Waals surface area contributed by atoms with E-state index in [1.54, 1.807) is 18.2 Å². The first-order valence-corrected chi connectivity index (χ1v) is 14.0. The number of ether oxygens (including phenoxy) is 6. The number of aryl methyl sites for hydroxylation is 1. The van der Waals surface area contributed by atoms with Gasteiger partial charge >= 0.3 is 29.8 Å². The highest BCUT2D eigenvalue weighted by atomic mass is 16.7. The van der Waals surface area contributed by atoms with E-state index >= 15 is 0 Å². The molecule has 1 aromatic heterocycles. The van der Waals surface area contributed by atoms with E-state index in [0.717, 1.165) is 42.9 Å². The first-order chi connectivity index (χ1) is 20.8. The van der Waals surface area contributed by atoms with Gasteiger partial charge in [-0.3, -0.25) is 24.0 Å². The fraction of sp³-hybridized carbons (Fsp3) is 0.406. The number of fused-ring (bicyclic) bond motifs is 1. The molecule has 12 nitrogen and oxygen atoms in total. The lowest BCUT2D eigenvalue weighted by atomic mass is 9.89. The molecule has 0 aliphatic carbocycles. The number of nitrogens with zero attached hydrogens (tertiary/aromatic N) is 1. The molecule has 0 amide bonds. The average molecular weight is 610 g/mol. The first kappa shape index (κ1) is 32.2. The topological polar surface area (TPSA) is 146 Å². The van der Waals surface area contributed by atoms with Crippen LogP contribution in [0.25, 0.3) is 10.9 Å². The second-order valence-corrected chi connectivity index (χ2v) is 10.5. The Morgan fingerprint density at radius 2 is 1.39 bits per heavy atom. The number of rotatable bonds is 9. The minimum atomic E-state index is -1.37. The SMILES string of the molecule is CC(=O)OC[C@H]1O[C@@H](c2cc(Cc3cc4ccccc4n3C)ccc2OC(C)=O)[C@H](OC(C)=O)[C@@H](OC(C)=O)[C@@H]1OC(C)=O. The molecular weight excluding hydrogens is 574 g/mol. The number of esters is 5. The van der Waals surface area contributed by atoms with Gasteiger partial charge < -0.3 is 33.0 Å². The van der Waals surface area contributed by atoms with Crippen LogP contribution in [0, 0.1) is 0 Å². The molecule has 12 heteroatoms. The highest BCUT2D eigenvalue weighted by molar-refractivity contribution is 5.81. The molecule has 5 atom stereocenters. The smallest absolute Gasteiger partial charge is 0.308 e. The van der Waals surface area contributed by atoms with Crippen molar-refractivity contribution in [1.82, 2.24) is 4.57 Å². The fourth-order valence-electron chi connectivity index (χ4n) is 5.38. The van der Waals surface area contributed by atoms with Gasteiger partial charge in [0.15, 0.2) is 18.3 Å². The molecule has 0 spiro atoms. The molecule has 44 heavy (non-hydrogen) atoms. The number of para-hydroxylation sites is 1. The summed E-state index contributed by atoms with van der Waals surface area (Å²) in [6.45, 7) is 5.51. The summed E-state index contributed by atoms with van der Waals surface area (Å²) < 4.78 is 35.8. The van der Waals surface area contributed by atoms with Crippen molar-refractivity contribution in [3.8, 4) is 5.75 Å². The summed E-state index contributed by atoms with van der Waals surface area (Å²) >= 11 is 0. The van der Waals surface area contributed by atoms with Gasteiger partial charge in [0.2, 0.25) is 0 Å². The highest BCUT2D eigenvalue weighted by Gasteiger charge is 2.53. The van der Waals surface area contributed by atoms with Crippen LogP contribution < -0.4 is 4.74 Å². The van der Waals surface area contributed by atoms with Crippen molar-refractivity contribution in [2.45, 2.75) is 71.6 Å². The van der Waals surface area contributed by atoms with E-state index in [0.29, 0.717) is 12.0 Å². The lowest BCUT2D eigenvalue weighted by Crippen LogP contribution is -2.59. The van der Waals surface area contributed by atoms with Crippen molar-refractivity contribution >= 4 is 40.7 Å². The zero-order valence-electron chi connectivity index (χ0n) is 25.4. The van der Waals surface area contributed by atoms with E-state index < -0.39 is 60.4 Å². The predicted octanol–water partition coefficient (Wildman–Crippen LogP) is 3.49.